The Labute approximate surface area is 139 Å². The van der Waals surface area contributed by atoms with Crippen molar-refractivity contribution < 1.29 is 19.2 Å². The van der Waals surface area contributed by atoms with E-state index >= 15 is 0 Å². The van der Waals surface area contributed by atoms with Crippen LogP contribution in [0.3, 0.4) is 0 Å². The van der Waals surface area contributed by atoms with Crippen LogP contribution in [0.5, 0.6) is 11.5 Å². The van der Waals surface area contributed by atoms with Crippen LogP contribution in [0.25, 0.3) is 0 Å². The first-order valence-electron chi connectivity index (χ1n) is 7.32. The Morgan fingerprint density at radius 2 is 1.88 bits per heavy atom. The summed E-state index contributed by atoms with van der Waals surface area (Å²) in [6.45, 7) is 2.07. The largest absolute Gasteiger partial charge is 0.493 e. The van der Waals surface area contributed by atoms with Gasteiger partial charge in [-0.2, -0.15) is 0 Å². The van der Waals surface area contributed by atoms with E-state index in [4.69, 9.17) is 9.47 Å². The predicted octanol–water partition coefficient (Wildman–Crippen LogP) is 2.72. The van der Waals surface area contributed by atoms with E-state index in [2.05, 4.69) is 5.32 Å². The van der Waals surface area contributed by atoms with Crippen LogP contribution in [0.4, 0.5) is 5.69 Å². The Balaban J connectivity index is 1.92. The molecule has 1 N–H and O–H groups in total. The van der Waals surface area contributed by atoms with E-state index in [-0.39, 0.29) is 30.3 Å². The highest BCUT2D eigenvalue weighted by Crippen LogP contribution is 2.25. The first-order chi connectivity index (χ1) is 11.5. The summed E-state index contributed by atoms with van der Waals surface area (Å²) in [5, 5.41) is 13.6. The number of carbonyl (C=O) groups is 1. The molecule has 2 aromatic rings. The number of rotatable bonds is 7. The molecule has 2 rings (SSSR count). The number of methoxy groups -OCH3 is 1. The van der Waals surface area contributed by atoms with E-state index < -0.39 is 4.92 Å². The van der Waals surface area contributed by atoms with Gasteiger partial charge in [0, 0.05) is 17.2 Å². The average Bonchev–Trinajstić information content (AvgIpc) is 2.58. The van der Waals surface area contributed by atoms with Crippen molar-refractivity contribution in [2.24, 2.45) is 0 Å². The number of amides is 1. The van der Waals surface area contributed by atoms with E-state index in [9.17, 15) is 14.9 Å². The van der Waals surface area contributed by atoms with Crippen LogP contribution in [0.1, 0.15) is 15.9 Å². The summed E-state index contributed by atoms with van der Waals surface area (Å²) in [5.74, 6) is 0.818. The van der Waals surface area contributed by atoms with Crippen molar-refractivity contribution in [3.8, 4) is 11.5 Å². The molecule has 0 fully saturated rings. The van der Waals surface area contributed by atoms with Gasteiger partial charge in [-0.3, -0.25) is 14.9 Å². The van der Waals surface area contributed by atoms with Crippen LogP contribution in [-0.2, 0) is 0 Å². The lowest BCUT2D eigenvalue weighted by atomic mass is 10.1. The average molecular weight is 330 g/mol. The van der Waals surface area contributed by atoms with E-state index in [1.807, 2.05) is 12.1 Å². The molecule has 0 saturated heterocycles. The van der Waals surface area contributed by atoms with Crippen molar-refractivity contribution >= 4 is 11.6 Å². The van der Waals surface area contributed by atoms with Gasteiger partial charge in [0.1, 0.15) is 6.61 Å². The third-order valence-corrected chi connectivity index (χ3v) is 3.46. The Morgan fingerprint density at radius 1 is 1.17 bits per heavy atom. The lowest BCUT2D eigenvalue weighted by molar-refractivity contribution is -0.385. The van der Waals surface area contributed by atoms with Crippen LogP contribution >= 0.6 is 0 Å². The van der Waals surface area contributed by atoms with Crippen molar-refractivity contribution in [2.45, 2.75) is 6.92 Å². The second-order valence-corrected chi connectivity index (χ2v) is 4.96. The van der Waals surface area contributed by atoms with Gasteiger partial charge in [0.2, 0.25) is 0 Å². The maximum atomic E-state index is 12.2. The number of carbonyl (C=O) groups excluding carboxylic acids is 1. The predicted molar refractivity (Wildman–Crippen MR) is 88.7 cm³/mol. The minimum atomic E-state index is -0.503. The number of hydrogen-bond acceptors (Lipinski definition) is 5. The van der Waals surface area contributed by atoms with Crippen molar-refractivity contribution in [2.75, 3.05) is 20.3 Å². The molecule has 0 unspecified atom stereocenters. The number of hydrogen-bond donors (Lipinski definition) is 1. The molecule has 0 radical (unpaired) electrons. The van der Waals surface area contributed by atoms with E-state index in [0.717, 1.165) is 0 Å². The number of para-hydroxylation sites is 2. The fraction of sp³-hybridized carbons (Fsp3) is 0.235. The molecule has 0 bridgehead atoms. The summed E-state index contributed by atoms with van der Waals surface area (Å²) in [4.78, 5) is 22.6. The zero-order valence-corrected chi connectivity index (χ0v) is 13.4. The van der Waals surface area contributed by atoms with E-state index in [1.54, 1.807) is 32.2 Å². The Hall–Kier alpha value is -3.09. The van der Waals surface area contributed by atoms with E-state index in [1.165, 1.54) is 12.1 Å². The summed E-state index contributed by atoms with van der Waals surface area (Å²) < 4.78 is 10.7. The highest BCUT2D eigenvalue weighted by atomic mass is 16.6. The molecule has 24 heavy (non-hydrogen) atoms. The Kier molecular flexibility index (Phi) is 5.73. The van der Waals surface area contributed by atoms with Crippen molar-refractivity contribution in [3.05, 3.63) is 63.7 Å². The van der Waals surface area contributed by atoms with Gasteiger partial charge in [0.05, 0.1) is 18.6 Å². The van der Waals surface area contributed by atoms with Crippen LogP contribution in [0.2, 0.25) is 0 Å². The SMILES string of the molecule is COc1ccccc1OCCNC(=O)c1cccc([N+](=O)[O-])c1C. The topological polar surface area (TPSA) is 90.7 Å². The van der Waals surface area contributed by atoms with Gasteiger partial charge >= 0.3 is 0 Å². The van der Waals surface area contributed by atoms with Gasteiger partial charge in [-0.15, -0.1) is 0 Å². The Bertz CT molecular complexity index is 746. The van der Waals surface area contributed by atoms with Gasteiger partial charge in [-0.1, -0.05) is 18.2 Å². The fourth-order valence-electron chi connectivity index (χ4n) is 2.23. The van der Waals surface area contributed by atoms with Gasteiger partial charge in [-0.25, -0.2) is 0 Å². The zero-order chi connectivity index (χ0) is 17.5. The van der Waals surface area contributed by atoms with Crippen LogP contribution in [-0.4, -0.2) is 31.1 Å². The minimum absolute atomic E-state index is 0.0760. The first kappa shape index (κ1) is 17.3. The maximum absolute atomic E-state index is 12.2. The first-order valence-corrected chi connectivity index (χ1v) is 7.32. The summed E-state index contributed by atoms with van der Waals surface area (Å²) in [7, 11) is 1.55. The number of nitrogens with zero attached hydrogens (tertiary/aromatic N) is 1. The number of nitro benzene ring substituents is 1. The molecule has 0 aliphatic carbocycles. The van der Waals surface area contributed by atoms with E-state index in [0.29, 0.717) is 17.1 Å². The number of nitrogens with one attached hydrogen (secondary N) is 1. The molecule has 0 aliphatic heterocycles. The second kappa shape index (κ2) is 7.96. The molecule has 0 aliphatic rings. The standard InChI is InChI=1S/C17H18N2O5/c1-12-13(6-5-7-14(12)19(21)22)17(20)18-10-11-24-16-9-4-3-8-15(16)23-2/h3-9H,10-11H2,1-2H3,(H,18,20). The molecule has 2 aromatic carbocycles. The van der Waals surface area contributed by atoms with Crippen LogP contribution < -0.4 is 14.8 Å². The quantitative estimate of drug-likeness (QED) is 0.479. The summed E-state index contributed by atoms with van der Waals surface area (Å²) in [5.41, 5.74) is 0.542. The van der Waals surface area contributed by atoms with Gasteiger partial charge < -0.3 is 14.8 Å². The smallest absolute Gasteiger partial charge is 0.273 e. The summed E-state index contributed by atoms with van der Waals surface area (Å²) in [6.07, 6.45) is 0. The van der Waals surface area contributed by atoms with Gasteiger partial charge in [-0.05, 0) is 25.1 Å². The molecule has 7 heteroatoms. The fourth-order valence-corrected chi connectivity index (χ4v) is 2.23. The molecule has 0 saturated carbocycles. The molecule has 0 atom stereocenters. The molecule has 0 aromatic heterocycles. The molecular formula is C17H18N2O5. The summed E-state index contributed by atoms with van der Waals surface area (Å²) in [6, 6.07) is 11.6. The van der Waals surface area contributed by atoms with Crippen LogP contribution in [0.15, 0.2) is 42.5 Å². The van der Waals surface area contributed by atoms with Gasteiger partial charge in [0.25, 0.3) is 11.6 Å². The normalized spacial score (nSPS) is 10.1. The van der Waals surface area contributed by atoms with Crippen molar-refractivity contribution in [3.63, 3.8) is 0 Å². The molecular weight excluding hydrogens is 312 g/mol. The van der Waals surface area contributed by atoms with Crippen LogP contribution in [0, 0.1) is 17.0 Å². The highest BCUT2D eigenvalue weighted by molar-refractivity contribution is 5.96. The van der Waals surface area contributed by atoms with Crippen molar-refractivity contribution in [1.82, 2.24) is 5.32 Å². The highest BCUT2D eigenvalue weighted by Gasteiger charge is 2.17. The third kappa shape index (κ3) is 4.01. The van der Waals surface area contributed by atoms with Crippen molar-refractivity contribution in [1.29, 1.82) is 0 Å². The molecule has 0 heterocycles. The lowest BCUT2D eigenvalue weighted by Crippen LogP contribution is -2.28. The molecule has 0 spiro atoms. The monoisotopic (exact) mass is 330 g/mol. The lowest BCUT2D eigenvalue weighted by Gasteiger charge is -2.11. The number of benzene rings is 2. The zero-order valence-electron chi connectivity index (χ0n) is 13.4. The number of ether oxygens (including phenoxy) is 2. The minimum Gasteiger partial charge on any atom is -0.493 e. The Morgan fingerprint density at radius 3 is 2.54 bits per heavy atom. The molecule has 7 nitrogen and oxygen atoms in total. The van der Waals surface area contributed by atoms with Gasteiger partial charge in [0.15, 0.2) is 11.5 Å². The maximum Gasteiger partial charge on any atom is 0.273 e. The third-order valence-electron chi connectivity index (χ3n) is 3.46. The second-order valence-electron chi connectivity index (χ2n) is 4.96. The molecule has 126 valence electrons. The molecule has 1 amide bonds. The summed E-state index contributed by atoms with van der Waals surface area (Å²) >= 11 is 0. The number of nitro groups is 1.